The fourth-order valence-corrected chi connectivity index (χ4v) is 4.11. The molecule has 25 heavy (non-hydrogen) atoms. The second-order valence-electron chi connectivity index (χ2n) is 6.14. The first kappa shape index (κ1) is 16.0. The Morgan fingerprint density at radius 1 is 1.28 bits per heavy atom. The molecule has 0 spiro atoms. The van der Waals surface area contributed by atoms with Crippen LogP contribution >= 0.6 is 11.3 Å². The molecule has 1 aliphatic rings. The lowest BCUT2D eigenvalue weighted by atomic mass is 10.2. The molecule has 1 fully saturated rings. The molecule has 130 valence electrons. The van der Waals surface area contributed by atoms with E-state index < -0.39 is 0 Å². The summed E-state index contributed by atoms with van der Waals surface area (Å²) in [5, 5.41) is 10.5. The minimum Gasteiger partial charge on any atom is -0.322 e. The number of urea groups is 1. The van der Waals surface area contributed by atoms with E-state index >= 15 is 0 Å². The van der Waals surface area contributed by atoms with Gasteiger partial charge in [-0.05, 0) is 19.1 Å². The van der Waals surface area contributed by atoms with Crippen LogP contribution in [0.1, 0.15) is 18.0 Å². The van der Waals surface area contributed by atoms with Crippen LogP contribution in [0.25, 0.3) is 10.2 Å². The number of hydrogen-bond acceptors (Lipinski definition) is 5. The molecule has 8 heteroatoms. The summed E-state index contributed by atoms with van der Waals surface area (Å²) in [7, 11) is 0. The Balaban J connectivity index is 1.37. The van der Waals surface area contributed by atoms with Gasteiger partial charge in [0, 0.05) is 32.4 Å². The van der Waals surface area contributed by atoms with Crippen molar-refractivity contribution in [2.24, 2.45) is 0 Å². The smallest absolute Gasteiger partial charge is 0.322 e. The summed E-state index contributed by atoms with van der Waals surface area (Å²) in [5.74, 6) is 0. The number of nitrogens with one attached hydrogen (secondary N) is 2. The van der Waals surface area contributed by atoms with Gasteiger partial charge < -0.3 is 10.2 Å². The number of thiazole rings is 1. The lowest BCUT2D eigenvalue weighted by Gasteiger charge is -2.37. The van der Waals surface area contributed by atoms with Gasteiger partial charge in [-0.1, -0.05) is 12.1 Å². The monoisotopic (exact) mass is 356 g/mol. The number of aromatic nitrogens is 3. The van der Waals surface area contributed by atoms with Crippen LogP contribution in [0.2, 0.25) is 0 Å². The van der Waals surface area contributed by atoms with Crippen molar-refractivity contribution in [3.8, 4) is 0 Å². The number of para-hydroxylation sites is 1. The van der Waals surface area contributed by atoms with E-state index in [0.29, 0.717) is 18.8 Å². The molecule has 1 atom stereocenters. The van der Waals surface area contributed by atoms with E-state index in [1.807, 2.05) is 17.0 Å². The maximum Gasteiger partial charge on any atom is 0.322 e. The van der Waals surface area contributed by atoms with Crippen LogP contribution in [0, 0.1) is 0 Å². The van der Waals surface area contributed by atoms with Crippen LogP contribution in [0.15, 0.2) is 36.7 Å². The highest BCUT2D eigenvalue weighted by Crippen LogP contribution is 2.29. The molecule has 1 saturated heterocycles. The molecule has 1 aromatic carbocycles. The summed E-state index contributed by atoms with van der Waals surface area (Å²) in [6.45, 7) is 5.29. The third kappa shape index (κ3) is 3.35. The molecule has 3 heterocycles. The maximum atomic E-state index is 12.3. The molecular formula is C17H20N6OS. The van der Waals surface area contributed by atoms with Crippen molar-refractivity contribution in [2.45, 2.75) is 13.0 Å². The van der Waals surface area contributed by atoms with Crippen LogP contribution < -0.4 is 5.32 Å². The van der Waals surface area contributed by atoms with E-state index in [4.69, 9.17) is 4.98 Å². The molecule has 1 aliphatic heterocycles. The van der Waals surface area contributed by atoms with Crippen molar-refractivity contribution in [3.05, 3.63) is 41.7 Å². The number of carbonyl (C=O) groups excluding carboxylic acids is 1. The topological polar surface area (TPSA) is 77.2 Å². The van der Waals surface area contributed by atoms with Crippen molar-refractivity contribution in [3.63, 3.8) is 0 Å². The van der Waals surface area contributed by atoms with E-state index in [1.54, 1.807) is 23.7 Å². The summed E-state index contributed by atoms with van der Waals surface area (Å²) in [6.07, 6.45) is 3.27. The van der Waals surface area contributed by atoms with Gasteiger partial charge in [0.05, 0.1) is 28.1 Å². The van der Waals surface area contributed by atoms with Gasteiger partial charge in [-0.2, -0.15) is 5.10 Å². The number of hydrogen-bond donors (Lipinski definition) is 2. The van der Waals surface area contributed by atoms with Gasteiger partial charge in [0.2, 0.25) is 0 Å². The Labute approximate surface area is 149 Å². The van der Waals surface area contributed by atoms with Crippen molar-refractivity contribution in [1.82, 2.24) is 25.0 Å². The standard InChI is InChI=1S/C17H20N6OS/c1-12(16-21-14-4-2-3-5-15(14)25-16)22-6-8-23(9-7-22)17(24)20-13-10-18-19-11-13/h2-5,10-12H,6-9H2,1H3,(H,18,19)(H,20,24). The maximum absolute atomic E-state index is 12.3. The minimum atomic E-state index is -0.0753. The fourth-order valence-electron chi connectivity index (χ4n) is 3.06. The normalized spacial score (nSPS) is 16.9. The Hall–Kier alpha value is -2.45. The molecule has 0 bridgehead atoms. The molecule has 7 nitrogen and oxygen atoms in total. The summed E-state index contributed by atoms with van der Waals surface area (Å²) < 4.78 is 1.22. The number of nitrogens with zero attached hydrogens (tertiary/aromatic N) is 4. The molecule has 2 amide bonds. The van der Waals surface area contributed by atoms with E-state index in [9.17, 15) is 4.79 Å². The van der Waals surface area contributed by atoms with E-state index in [0.717, 1.165) is 23.6 Å². The predicted octanol–water partition coefficient (Wildman–Crippen LogP) is 2.93. The van der Waals surface area contributed by atoms with Gasteiger partial charge in [0.1, 0.15) is 5.01 Å². The van der Waals surface area contributed by atoms with Gasteiger partial charge in [-0.3, -0.25) is 10.00 Å². The Morgan fingerprint density at radius 2 is 2.08 bits per heavy atom. The largest absolute Gasteiger partial charge is 0.322 e. The highest BCUT2D eigenvalue weighted by atomic mass is 32.1. The number of amides is 2. The summed E-state index contributed by atoms with van der Waals surface area (Å²) in [6, 6.07) is 8.42. The van der Waals surface area contributed by atoms with Gasteiger partial charge in [0.15, 0.2) is 0 Å². The number of aromatic amines is 1. The average Bonchev–Trinajstić information content (AvgIpc) is 3.30. The second-order valence-corrected chi connectivity index (χ2v) is 7.20. The summed E-state index contributed by atoms with van der Waals surface area (Å²) in [4.78, 5) is 21.3. The first-order valence-corrected chi connectivity index (χ1v) is 9.16. The molecule has 3 aromatic rings. The van der Waals surface area contributed by atoms with Crippen LogP contribution in [0.3, 0.4) is 0 Å². The van der Waals surface area contributed by atoms with Crippen LogP contribution in [0.5, 0.6) is 0 Å². The van der Waals surface area contributed by atoms with Crippen molar-refractivity contribution in [2.75, 3.05) is 31.5 Å². The van der Waals surface area contributed by atoms with Crippen LogP contribution in [-0.2, 0) is 0 Å². The average molecular weight is 356 g/mol. The van der Waals surface area contributed by atoms with Crippen LogP contribution in [-0.4, -0.2) is 57.2 Å². The Bertz CT molecular complexity index is 820. The highest BCUT2D eigenvalue weighted by Gasteiger charge is 2.26. The highest BCUT2D eigenvalue weighted by molar-refractivity contribution is 7.18. The van der Waals surface area contributed by atoms with E-state index in [2.05, 4.69) is 39.5 Å². The zero-order valence-electron chi connectivity index (χ0n) is 14.0. The number of carbonyl (C=O) groups is 1. The molecule has 0 radical (unpaired) electrons. The number of piperazine rings is 1. The van der Waals surface area contributed by atoms with Gasteiger partial charge in [-0.25, -0.2) is 9.78 Å². The van der Waals surface area contributed by atoms with Gasteiger partial charge in [0.25, 0.3) is 0 Å². The molecule has 0 aliphatic carbocycles. The quantitative estimate of drug-likeness (QED) is 0.756. The molecule has 0 saturated carbocycles. The molecule has 2 aromatic heterocycles. The third-order valence-corrected chi connectivity index (χ3v) is 5.77. The van der Waals surface area contributed by atoms with Crippen molar-refractivity contribution in [1.29, 1.82) is 0 Å². The number of H-pyrrole nitrogens is 1. The molecule has 2 N–H and O–H groups in total. The Morgan fingerprint density at radius 3 is 2.80 bits per heavy atom. The third-order valence-electron chi connectivity index (χ3n) is 4.57. The first-order chi connectivity index (χ1) is 12.2. The number of rotatable bonds is 3. The van der Waals surface area contributed by atoms with E-state index in [-0.39, 0.29) is 12.1 Å². The molecular weight excluding hydrogens is 336 g/mol. The zero-order valence-corrected chi connectivity index (χ0v) is 14.8. The van der Waals surface area contributed by atoms with Gasteiger partial charge >= 0.3 is 6.03 Å². The zero-order chi connectivity index (χ0) is 17.2. The fraction of sp³-hybridized carbons (Fsp3) is 0.353. The Kier molecular flexibility index (Phi) is 4.37. The predicted molar refractivity (Wildman–Crippen MR) is 98.8 cm³/mol. The lowest BCUT2D eigenvalue weighted by Crippen LogP contribution is -2.50. The minimum absolute atomic E-state index is 0.0753. The molecule has 4 rings (SSSR count). The number of benzene rings is 1. The second kappa shape index (κ2) is 6.81. The summed E-state index contributed by atoms with van der Waals surface area (Å²) >= 11 is 1.75. The number of fused-ring (bicyclic) bond motifs is 1. The van der Waals surface area contributed by atoms with E-state index in [1.165, 1.54) is 4.70 Å². The van der Waals surface area contributed by atoms with Crippen molar-refractivity contribution >= 4 is 33.3 Å². The van der Waals surface area contributed by atoms with Crippen LogP contribution in [0.4, 0.5) is 10.5 Å². The molecule has 1 unspecified atom stereocenters. The summed E-state index contributed by atoms with van der Waals surface area (Å²) in [5.41, 5.74) is 1.75. The van der Waals surface area contributed by atoms with Crippen molar-refractivity contribution < 1.29 is 4.79 Å². The number of anilines is 1. The van der Waals surface area contributed by atoms with Gasteiger partial charge in [-0.15, -0.1) is 11.3 Å². The first-order valence-electron chi connectivity index (χ1n) is 8.35. The lowest BCUT2D eigenvalue weighted by molar-refractivity contribution is 0.119. The SMILES string of the molecule is CC(c1nc2ccccc2s1)N1CCN(C(=O)Nc2cn[nH]c2)CC1.